The van der Waals surface area contributed by atoms with Crippen molar-refractivity contribution in [2.24, 2.45) is 0 Å². The van der Waals surface area contributed by atoms with Crippen molar-refractivity contribution in [1.29, 1.82) is 0 Å². The molecule has 0 atom stereocenters. The molecule has 2 nitrogen and oxygen atoms in total. The lowest BCUT2D eigenvalue weighted by Crippen LogP contribution is -1.92. The van der Waals surface area contributed by atoms with Crippen molar-refractivity contribution in [3.63, 3.8) is 0 Å². The summed E-state index contributed by atoms with van der Waals surface area (Å²) in [6.07, 6.45) is 0. The molecule has 20 rings (SSSR count). The second-order valence-corrected chi connectivity index (χ2v) is 28.0. The van der Waals surface area contributed by atoms with Gasteiger partial charge in [0, 0.05) is 82.7 Å². The molecule has 0 aliphatic heterocycles. The number of thiophene rings is 4. The maximum absolute atomic E-state index is 2.43. The van der Waals surface area contributed by atoms with E-state index in [9.17, 15) is 0 Å². The maximum atomic E-state index is 2.43. The minimum atomic E-state index is 1.20. The van der Waals surface area contributed by atoms with Gasteiger partial charge in [0.05, 0.1) is 31.5 Å². The lowest BCUT2D eigenvalue weighted by atomic mass is 9.95. The zero-order chi connectivity index (χ0) is 60.4. The van der Waals surface area contributed by atoms with E-state index in [2.05, 4.69) is 325 Å². The van der Waals surface area contributed by atoms with Crippen LogP contribution in [0.2, 0.25) is 0 Å². The second-order valence-electron chi connectivity index (χ2n) is 23.8. The van der Waals surface area contributed by atoms with E-state index in [-0.39, 0.29) is 0 Å². The third-order valence-corrected chi connectivity index (χ3v) is 23.3. The van der Waals surface area contributed by atoms with Gasteiger partial charge in [-0.2, -0.15) is 0 Å². The van der Waals surface area contributed by atoms with Crippen LogP contribution in [0.4, 0.5) is 0 Å². The normalized spacial score (nSPS) is 11.9. The highest BCUT2D eigenvalue weighted by molar-refractivity contribution is 7.28. The topological polar surface area (TPSA) is 9.86 Å². The van der Waals surface area contributed by atoms with E-state index < -0.39 is 0 Å². The van der Waals surface area contributed by atoms with Gasteiger partial charge in [0.25, 0.3) is 0 Å². The number of para-hydroxylation sites is 4. The van der Waals surface area contributed by atoms with Crippen LogP contribution in [0.3, 0.4) is 0 Å². The number of rotatable bonds is 7. The molecular weight excluding hydrogens is 1190 g/mol. The van der Waals surface area contributed by atoms with Crippen LogP contribution in [-0.2, 0) is 0 Å². The Kier molecular flexibility index (Phi) is 12.4. The first kappa shape index (κ1) is 53.2. The first-order valence-corrected chi connectivity index (χ1v) is 34.5. The molecule has 6 aromatic heterocycles. The van der Waals surface area contributed by atoms with Crippen LogP contribution in [0.5, 0.6) is 0 Å². The Bertz CT molecular complexity index is 6310. The number of nitrogens with zero attached hydrogens (tertiary/aromatic N) is 2. The van der Waals surface area contributed by atoms with E-state index in [1.54, 1.807) is 0 Å². The maximum Gasteiger partial charge on any atom is 0.0727 e. The summed E-state index contributed by atoms with van der Waals surface area (Å²) in [5.41, 5.74) is 20.1. The lowest BCUT2D eigenvalue weighted by Gasteiger charge is -2.10. The van der Waals surface area contributed by atoms with Crippen molar-refractivity contribution >= 4 is 159 Å². The SMILES string of the molecule is c1ccc(-c2cccc3c2sc2cccc(-c4cccc(-c5ccc6c(c5)sc5c7ccccc7n(-c7ccccc7)c65)c4)c23)cc1.c1ccc(-n2c3ccccc3c3sc4cc(-c5cccc(-c6cccc7sc8c9ccccc9ccc8c67)c5)ccc4c32)cc1. The van der Waals surface area contributed by atoms with Gasteiger partial charge in [-0.05, 0) is 139 Å². The predicted octanol–water partition coefficient (Wildman–Crippen LogP) is 26.2. The molecule has 0 spiro atoms. The van der Waals surface area contributed by atoms with Gasteiger partial charge >= 0.3 is 0 Å². The van der Waals surface area contributed by atoms with Gasteiger partial charge in [-0.25, -0.2) is 0 Å². The third kappa shape index (κ3) is 8.49. The van der Waals surface area contributed by atoms with Crippen LogP contribution >= 0.6 is 45.3 Å². The van der Waals surface area contributed by atoms with Gasteiger partial charge in [0.2, 0.25) is 0 Å². The van der Waals surface area contributed by atoms with Crippen LogP contribution < -0.4 is 0 Å². The zero-order valence-electron chi connectivity index (χ0n) is 49.5. The fourth-order valence-electron chi connectivity index (χ4n) is 14.4. The quantitative estimate of drug-likeness (QED) is 0.151. The zero-order valence-corrected chi connectivity index (χ0v) is 52.8. The third-order valence-electron chi connectivity index (χ3n) is 18.6. The minimum Gasteiger partial charge on any atom is -0.308 e. The van der Waals surface area contributed by atoms with Crippen LogP contribution in [-0.4, -0.2) is 9.13 Å². The average Bonchev–Trinajstić information content (AvgIpc) is 1.62. The predicted molar refractivity (Wildman–Crippen MR) is 403 cm³/mol. The molecule has 0 aliphatic carbocycles. The first-order valence-electron chi connectivity index (χ1n) is 31.2. The Labute approximate surface area is 546 Å². The van der Waals surface area contributed by atoms with E-state index in [0.29, 0.717) is 0 Å². The van der Waals surface area contributed by atoms with Gasteiger partial charge in [-0.3, -0.25) is 0 Å². The Morgan fingerprint density at radius 1 is 0.207 bits per heavy atom. The summed E-state index contributed by atoms with van der Waals surface area (Å²) >= 11 is 7.60. The molecule has 0 saturated heterocycles. The molecule has 0 aliphatic rings. The summed E-state index contributed by atoms with van der Waals surface area (Å²) in [7, 11) is 0. The van der Waals surface area contributed by atoms with E-state index >= 15 is 0 Å². The fraction of sp³-hybridized carbons (Fsp3) is 0. The van der Waals surface area contributed by atoms with Gasteiger partial charge in [0.15, 0.2) is 0 Å². The van der Waals surface area contributed by atoms with Crippen LogP contribution in [0.1, 0.15) is 0 Å². The highest BCUT2D eigenvalue weighted by Gasteiger charge is 2.22. The number of hydrogen-bond acceptors (Lipinski definition) is 4. The molecule has 0 bridgehead atoms. The van der Waals surface area contributed by atoms with Gasteiger partial charge in [-0.1, -0.05) is 243 Å². The molecule has 20 aromatic rings. The second kappa shape index (κ2) is 21.5. The molecular formula is C86H52N2S4. The van der Waals surface area contributed by atoms with Gasteiger partial charge in [-0.15, -0.1) is 45.3 Å². The number of benzene rings is 14. The van der Waals surface area contributed by atoms with Crippen LogP contribution in [0.15, 0.2) is 315 Å². The minimum absolute atomic E-state index is 1.20. The molecule has 0 fully saturated rings. The van der Waals surface area contributed by atoms with Crippen molar-refractivity contribution in [3.05, 3.63) is 315 Å². The van der Waals surface area contributed by atoms with E-state index in [1.807, 2.05) is 45.3 Å². The van der Waals surface area contributed by atoms with Gasteiger partial charge < -0.3 is 9.13 Å². The largest absolute Gasteiger partial charge is 0.308 e. The first-order chi connectivity index (χ1) is 45.6. The Balaban J connectivity index is 0.000000132. The average molecular weight is 1240 g/mol. The molecule has 14 aromatic carbocycles. The smallest absolute Gasteiger partial charge is 0.0727 e. The van der Waals surface area contributed by atoms with E-state index in [1.165, 1.54) is 181 Å². The summed E-state index contributed by atoms with van der Waals surface area (Å²) in [5.74, 6) is 0. The van der Waals surface area contributed by atoms with Crippen molar-refractivity contribution in [2.75, 3.05) is 0 Å². The lowest BCUT2D eigenvalue weighted by molar-refractivity contribution is 1.19. The van der Waals surface area contributed by atoms with E-state index in [0.717, 1.165) is 0 Å². The molecule has 0 saturated carbocycles. The number of hydrogen-bond donors (Lipinski definition) is 0. The molecule has 0 radical (unpaired) electrons. The van der Waals surface area contributed by atoms with Gasteiger partial charge in [0.1, 0.15) is 0 Å². The number of fused-ring (bicyclic) bond motifs is 18. The summed E-state index contributed by atoms with van der Waals surface area (Å²) in [5, 5.41) is 13.2. The monoisotopic (exact) mass is 1240 g/mol. The summed E-state index contributed by atoms with van der Waals surface area (Å²) < 4.78 is 15.6. The number of aromatic nitrogens is 2. The Morgan fingerprint density at radius 2 is 0.598 bits per heavy atom. The molecule has 0 unspecified atom stereocenters. The molecule has 6 heterocycles. The molecule has 0 amide bonds. The van der Waals surface area contributed by atoms with Crippen LogP contribution in [0, 0.1) is 0 Å². The van der Waals surface area contributed by atoms with Crippen molar-refractivity contribution < 1.29 is 0 Å². The summed E-state index contributed by atoms with van der Waals surface area (Å²) in [6, 6.07) is 116. The van der Waals surface area contributed by atoms with Crippen molar-refractivity contribution in [1.82, 2.24) is 9.13 Å². The highest BCUT2D eigenvalue weighted by atomic mass is 32.1. The Hall–Kier alpha value is -10.7. The Morgan fingerprint density at radius 3 is 1.16 bits per heavy atom. The molecule has 92 heavy (non-hydrogen) atoms. The summed E-state index contributed by atoms with van der Waals surface area (Å²) in [6.45, 7) is 0. The molecule has 430 valence electrons. The fourth-order valence-corrected chi connectivity index (χ4v) is 19.5. The van der Waals surface area contributed by atoms with Crippen molar-refractivity contribution in [2.45, 2.75) is 0 Å². The van der Waals surface area contributed by atoms with Crippen LogP contribution in [0.25, 0.3) is 181 Å². The van der Waals surface area contributed by atoms with Crippen molar-refractivity contribution in [3.8, 4) is 67.0 Å². The standard InChI is InChI=1S/C44H27NS2.C42H25NS2/c1-3-12-28(13-4-1)34-20-10-21-37-41-33(19-11-23-39(41)46-43(34)37)31-15-9-14-29(26-31)30-24-25-36-40(27-30)47-44-35-18-7-8-22-38(35)45(42(36)44)32-16-5-2-6-17-32;1-2-13-30(14-3-1)43-36-18-7-6-16-33(36)42-40(43)34-22-21-28(25-38(34)45-42)27-11-8-12-29(24-27)31-17-9-19-37-39(31)35-23-20-26-10-4-5-15-32(26)41(35)44-37/h1-27H;1-25H. The molecule has 6 heteroatoms. The summed E-state index contributed by atoms with van der Waals surface area (Å²) in [4.78, 5) is 0. The highest BCUT2D eigenvalue weighted by Crippen LogP contribution is 2.49. The van der Waals surface area contributed by atoms with E-state index in [4.69, 9.17) is 0 Å². The molecule has 0 N–H and O–H groups in total.